The van der Waals surface area contributed by atoms with Crippen LogP contribution in [0.4, 0.5) is 0 Å². The molecule has 0 fully saturated rings. The van der Waals surface area contributed by atoms with Crippen LogP contribution in [-0.2, 0) is 21.4 Å². The maximum absolute atomic E-state index is 11.7. The lowest BCUT2D eigenvalue weighted by atomic mass is 9.76. The van der Waals surface area contributed by atoms with Gasteiger partial charge in [0.2, 0.25) is 0 Å². The summed E-state index contributed by atoms with van der Waals surface area (Å²) in [5.74, 6) is -0.201. The third kappa shape index (κ3) is 4.18. The van der Waals surface area contributed by atoms with Crippen molar-refractivity contribution in [3.63, 3.8) is 0 Å². The molecule has 0 unspecified atom stereocenters. The van der Waals surface area contributed by atoms with E-state index in [0.717, 1.165) is 16.7 Å². The van der Waals surface area contributed by atoms with Crippen molar-refractivity contribution >= 4 is 28.6 Å². The third-order valence-electron chi connectivity index (χ3n) is 5.72. The molecule has 0 aliphatic carbocycles. The molecule has 1 aromatic heterocycles. The fourth-order valence-electron chi connectivity index (χ4n) is 3.80. The molecule has 32 heavy (non-hydrogen) atoms. The zero-order valence-corrected chi connectivity index (χ0v) is 18.9. The van der Waals surface area contributed by atoms with Crippen LogP contribution in [0.15, 0.2) is 60.7 Å². The maximum atomic E-state index is 11.7. The Kier molecular flexibility index (Phi) is 5.89. The van der Waals surface area contributed by atoms with Crippen LogP contribution < -0.4 is 0 Å². The molecule has 4 aromatic rings. The molecular formula is C25H24ClN3O3. The van der Waals surface area contributed by atoms with Crippen molar-refractivity contribution in [3.05, 3.63) is 82.4 Å². The van der Waals surface area contributed by atoms with Crippen molar-refractivity contribution in [2.45, 2.75) is 32.1 Å². The molecule has 1 N–H and O–H groups in total. The van der Waals surface area contributed by atoms with Crippen LogP contribution in [0.2, 0.25) is 5.02 Å². The van der Waals surface area contributed by atoms with Gasteiger partial charge in [0.05, 0.1) is 7.11 Å². The van der Waals surface area contributed by atoms with E-state index < -0.39 is 5.41 Å². The zero-order chi connectivity index (χ0) is 22.9. The summed E-state index contributed by atoms with van der Waals surface area (Å²) in [6.45, 7) is 4.11. The van der Waals surface area contributed by atoms with Crippen LogP contribution in [0.3, 0.4) is 0 Å². The molecule has 0 atom stereocenters. The lowest BCUT2D eigenvalue weighted by Crippen LogP contribution is -2.20. The second-order valence-electron chi connectivity index (χ2n) is 8.20. The van der Waals surface area contributed by atoms with Crippen molar-refractivity contribution in [1.82, 2.24) is 15.0 Å². The third-order valence-corrected chi connectivity index (χ3v) is 5.96. The molecule has 0 amide bonds. The average molecular weight is 450 g/mol. The molecule has 0 spiro atoms. The quantitative estimate of drug-likeness (QED) is 0.409. The first-order valence-corrected chi connectivity index (χ1v) is 10.7. The van der Waals surface area contributed by atoms with Crippen LogP contribution in [0.1, 0.15) is 37.0 Å². The van der Waals surface area contributed by atoms with E-state index in [4.69, 9.17) is 16.3 Å². The highest BCUT2D eigenvalue weighted by molar-refractivity contribution is 6.31. The van der Waals surface area contributed by atoms with Gasteiger partial charge < -0.3 is 9.84 Å². The Bertz CT molecular complexity index is 1280. The van der Waals surface area contributed by atoms with Crippen LogP contribution in [0.25, 0.3) is 16.7 Å². The minimum absolute atomic E-state index is 0.0899. The molecule has 7 heteroatoms. The summed E-state index contributed by atoms with van der Waals surface area (Å²) in [5.41, 5.74) is 3.88. The molecular weight excluding hydrogens is 426 g/mol. The molecule has 0 radical (unpaired) electrons. The van der Waals surface area contributed by atoms with E-state index >= 15 is 0 Å². The first-order chi connectivity index (χ1) is 15.3. The fraction of sp³-hybridized carbons (Fsp3) is 0.240. The number of phenols is 1. The predicted molar refractivity (Wildman–Crippen MR) is 124 cm³/mol. The molecule has 164 valence electrons. The smallest absolute Gasteiger partial charge is 0.305 e. The number of benzene rings is 3. The lowest BCUT2D eigenvalue weighted by molar-refractivity contribution is -0.140. The number of carbonyl (C=O) groups is 1. The summed E-state index contributed by atoms with van der Waals surface area (Å²) in [4.78, 5) is 13.2. The van der Waals surface area contributed by atoms with Gasteiger partial charge >= 0.3 is 5.97 Å². The highest BCUT2D eigenvalue weighted by Crippen LogP contribution is 2.40. The van der Waals surface area contributed by atoms with Gasteiger partial charge in [-0.1, -0.05) is 61.8 Å². The number of aryl methyl sites for hydroxylation is 1. The van der Waals surface area contributed by atoms with E-state index in [2.05, 4.69) is 24.0 Å². The van der Waals surface area contributed by atoms with Gasteiger partial charge in [-0.15, -0.1) is 15.0 Å². The summed E-state index contributed by atoms with van der Waals surface area (Å²) in [6, 6.07) is 19.0. The molecule has 1 heterocycles. The molecule has 0 saturated heterocycles. The zero-order valence-electron chi connectivity index (χ0n) is 18.2. The van der Waals surface area contributed by atoms with Gasteiger partial charge in [-0.3, -0.25) is 4.79 Å². The highest BCUT2D eigenvalue weighted by Gasteiger charge is 2.29. The van der Waals surface area contributed by atoms with E-state index in [9.17, 15) is 9.90 Å². The van der Waals surface area contributed by atoms with Crippen LogP contribution in [0, 0.1) is 0 Å². The molecule has 4 rings (SSSR count). The van der Waals surface area contributed by atoms with Gasteiger partial charge in [-0.2, -0.15) is 0 Å². The Hall–Kier alpha value is -3.38. The SMILES string of the molecule is COC(=O)CCc1cc(-n2nc3ccc(Cl)cc3n2)c(O)c(C(C)(C)c2ccccc2)c1. The second kappa shape index (κ2) is 8.63. The first kappa shape index (κ1) is 21.8. The van der Waals surface area contributed by atoms with E-state index in [0.29, 0.717) is 28.2 Å². The highest BCUT2D eigenvalue weighted by atomic mass is 35.5. The summed E-state index contributed by atoms with van der Waals surface area (Å²) < 4.78 is 4.80. The summed E-state index contributed by atoms with van der Waals surface area (Å²) in [6.07, 6.45) is 0.695. The van der Waals surface area contributed by atoms with Gasteiger partial charge in [0.1, 0.15) is 22.5 Å². The van der Waals surface area contributed by atoms with Crippen molar-refractivity contribution in [3.8, 4) is 11.4 Å². The van der Waals surface area contributed by atoms with Gasteiger partial charge in [-0.25, -0.2) is 0 Å². The molecule has 0 saturated carbocycles. The first-order valence-electron chi connectivity index (χ1n) is 10.3. The topological polar surface area (TPSA) is 77.2 Å². The summed E-state index contributed by atoms with van der Waals surface area (Å²) in [7, 11) is 1.37. The Morgan fingerprint density at radius 1 is 1.06 bits per heavy atom. The normalized spacial score (nSPS) is 11.6. The molecule has 6 nitrogen and oxygen atoms in total. The number of hydrogen-bond acceptors (Lipinski definition) is 5. The van der Waals surface area contributed by atoms with E-state index in [1.807, 2.05) is 42.5 Å². The predicted octanol–water partition coefficient (Wildman–Crippen LogP) is 5.21. The molecule has 0 aliphatic rings. The number of phenolic OH excluding ortho intramolecular Hbond substituents is 1. The number of carbonyl (C=O) groups excluding carboxylic acids is 1. The number of rotatable bonds is 6. The van der Waals surface area contributed by atoms with Gasteiger partial charge in [-0.05, 0) is 41.8 Å². The van der Waals surface area contributed by atoms with Crippen molar-refractivity contribution in [2.75, 3.05) is 7.11 Å². The van der Waals surface area contributed by atoms with Crippen molar-refractivity contribution in [1.29, 1.82) is 0 Å². The van der Waals surface area contributed by atoms with Gasteiger partial charge in [0.25, 0.3) is 0 Å². The number of nitrogens with zero attached hydrogens (tertiary/aromatic N) is 3. The van der Waals surface area contributed by atoms with E-state index in [1.165, 1.54) is 11.9 Å². The Morgan fingerprint density at radius 3 is 2.50 bits per heavy atom. The number of aromatic hydroxyl groups is 1. The van der Waals surface area contributed by atoms with Gasteiger partial charge in [0, 0.05) is 22.4 Å². The number of aromatic nitrogens is 3. The number of esters is 1. The van der Waals surface area contributed by atoms with Gasteiger partial charge in [0.15, 0.2) is 0 Å². The van der Waals surface area contributed by atoms with Crippen LogP contribution >= 0.6 is 11.6 Å². The van der Waals surface area contributed by atoms with E-state index in [-0.39, 0.29) is 18.1 Å². The Morgan fingerprint density at radius 2 is 1.78 bits per heavy atom. The number of methoxy groups -OCH3 is 1. The number of fused-ring (bicyclic) bond motifs is 1. The minimum atomic E-state index is -0.503. The second-order valence-corrected chi connectivity index (χ2v) is 8.64. The Labute approximate surface area is 191 Å². The summed E-state index contributed by atoms with van der Waals surface area (Å²) in [5, 5.41) is 21.0. The fourth-order valence-corrected chi connectivity index (χ4v) is 3.97. The molecule has 0 bridgehead atoms. The van der Waals surface area contributed by atoms with Crippen molar-refractivity contribution < 1.29 is 14.6 Å². The summed E-state index contributed by atoms with van der Waals surface area (Å²) >= 11 is 6.10. The lowest BCUT2D eigenvalue weighted by Gasteiger charge is -2.28. The molecule has 0 aliphatic heterocycles. The van der Waals surface area contributed by atoms with E-state index in [1.54, 1.807) is 18.2 Å². The molecule has 3 aromatic carbocycles. The monoisotopic (exact) mass is 449 g/mol. The number of ether oxygens (including phenoxy) is 1. The average Bonchev–Trinajstić information content (AvgIpc) is 3.21. The number of hydrogen-bond donors (Lipinski definition) is 1. The standard InChI is InChI=1S/C25H24ClN3O3/c1-25(2,17-7-5-4-6-8-17)19-13-16(9-12-23(30)32-3)14-22(24(19)31)29-27-20-11-10-18(26)15-21(20)28-29/h4-8,10-11,13-15,31H,9,12H2,1-3H3. The Balaban J connectivity index is 1.88. The maximum Gasteiger partial charge on any atom is 0.305 e. The van der Waals surface area contributed by atoms with Crippen LogP contribution in [-0.4, -0.2) is 33.2 Å². The van der Waals surface area contributed by atoms with Crippen molar-refractivity contribution in [2.24, 2.45) is 0 Å². The minimum Gasteiger partial charge on any atom is -0.505 e. The number of halogens is 1. The van der Waals surface area contributed by atoms with Crippen LogP contribution in [0.5, 0.6) is 5.75 Å². The largest absolute Gasteiger partial charge is 0.505 e.